The number of hydrogen-bond acceptors (Lipinski definition) is 3. The van der Waals surface area contributed by atoms with E-state index in [1.807, 2.05) is 37.3 Å². The lowest BCUT2D eigenvalue weighted by Crippen LogP contribution is -2.24. The number of rotatable bonds is 5. The Labute approximate surface area is 119 Å². The molecule has 4 heteroatoms. The summed E-state index contributed by atoms with van der Waals surface area (Å²) in [5.74, 6) is 0.585. The predicted octanol–water partition coefficient (Wildman–Crippen LogP) is 3.49. The third-order valence-corrected chi connectivity index (χ3v) is 3.06. The van der Waals surface area contributed by atoms with Crippen LogP contribution < -0.4 is 4.90 Å². The van der Waals surface area contributed by atoms with Gasteiger partial charge in [0, 0.05) is 24.7 Å². The quantitative estimate of drug-likeness (QED) is 0.609. The van der Waals surface area contributed by atoms with E-state index >= 15 is 0 Å². The highest BCUT2D eigenvalue weighted by molar-refractivity contribution is 6.18. The molecule has 0 saturated carbocycles. The highest BCUT2D eigenvalue weighted by Gasteiger charge is 2.05. The summed E-state index contributed by atoms with van der Waals surface area (Å²) in [6.45, 7) is 5.74. The smallest absolute Gasteiger partial charge is 0.130 e. The summed E-state index contributed by atoms with van der Waals surface area (Å²) in [6, 6.07) is 9.70. The first-order valence-electron chi connectivity index (χ1n) is 6.09. The largest absolute Gasteiger partial charge is 0.371 e. The maximum atomic E-state index is 8.77. The average Bonchev–Trinajstić information content (AvgIpc) is 2.43. The van der Waals surface area contributed by atoms with E-state index in [-0.39, 0.29) is 5.57 Å². The summed E-state index contributed by atoms with van der Waals surface area (Å²) in [4.78, 5) is 2.18. The summed E-state index contributed by atoms with van der Waals surface area (Å²) in [5.41, 5.74) is 3.15. The molecule has 1 aromatic carbocycles. The molecule has 0 spiro atoms. The second kappa shape index (κ2) is 7.46. The highest BCUT2D eigenvalue weighted by atomic mass is 35.5. The molecule has 0 aliphatic carbocycles. The van der Waals surface area contributed by atoms with Gasteiger partial charge in [0.2, 0.25) is 0 Å². The molecule has 98 valence electrons. The molecule has 19 heavy (non-hydrogen) atoms. The molecule has 1 aromatic rings. The Morgan fingerprint density at radius 2 is 2.05 bits per heavy atom. The fourth-order valence-corrected chi connectivity index (χ4v) is 2.04. The minimum atomic E-state index is 0.115. The van der Waals surface area contributed by atoms with Crippen LogP contribution in [0.2, 0.25) is 0 Å². The van der Waals surface area contributed by atoms with Crippen molar-refractivity contribution in [3.8, 4) is 12.1 Å². The highest BCUT2D eigenvalue weighted by Crippen LogP contribution is 2.21. The maximum Gasteiger partial charge on any atom is 0.130 e. The van der Waals surface area contributed by atoms with Gasteiger partial charge in [-0.3, -0.25) is 0 Å². The molecule has 0 unspecified atom stereocenters. The summed E-state index contributed by atoms with van der Waals surface area (Å²) >= 11 is 5.78. The molecule has 0 heterocycles. The van der Waals surface area contributed by atoms with Crippen LogP contribution in [0.25, 0.3) is 6.08 Å². The molecule has 0 atom stereocenters. The number of nitrogens with zero attached hydrogens (tertiary/aromatic N) is 3. The average molecular weight is 274 g/mol. The minimum absolute atomic E-state index is 0.115. The van der Waals surface area contributed by atoms with Gasteiger partial charge in [-0.1, -0.05) is 6.07 Å². The van der Waals surface area contributed by atoms with Gasteiger partial charge >= 0.3 is 0 Å². The van der Waals surface area contributed by atoms with Gasteiger partial charge in [-0.05, 0) is 43.2 Å². The SMILES string of the molecule is CCN(CCCl)c1ccc(C=C(C#N)C#N)c(C)c1. The van der Waals surface area contributed by atoms with Crippen LogP contribution in [0, 0.1) is 29.6 Å². The zero-order valence-corrected chi connectivity index (χ0v) is 11.9. The van der Waals surface area contributed by atoms with Crippen LogP contribution in [0.5, 0.6) is 0 Å². The van der Waals surface area contributed by atoms with Crippen LogP contribution in [0.1, 0.15) is 18.1 Å². The van der Waals surface area contributed by atoms with E-state index in [1.165, 1.54) is 0 Å². The lowest BCUT2D eigenvalue weighted by Gasteiger charge is -2.22. The number of halogens is 1. The third kappa shape index (κ3) is 4.02. The topological polar surface area (TPSA) is 50.8 Å². The molecule has 0 aliphatic rings. The molecular formula is C15H16ClN3. The van der Waals surface area contributed by atoms with Crippen molar-refractivity contribution in [2.75, 3.05) is 23.9 Å². The number of benzene rings is 1. The van der Waals surface area contributed by atoms with Gasteiger partial charge in [-0.25, -0.2) is 0 Å². The van der Waals surface area contributed by atoms with E-state index in [9.17, 15) is 0 Å². The first-order valence-corrected chi connectivity index (χ1v) is 6.63. The van der Waals surface area contributed by atoms with Gasteiger partial charge in [0.1, 0.15) is 17.7 Å². The Balaban J connectivity index is 3.08. The molecule has 0 aromatic heterocycles. The number of allylic oxidation sites excluding steroid dienone is 1. The van der Waals surface area contributed by atoms with Crippen LogP contribution in [-0.4, -0.2) is 19.0 Å². The lowest BCUT2D eigenvalue weighted by molar-refractivity contribution is 0.869. The molecule has 0 fully saturated rings. The zero-order chi connectivity index (χ0) is 14.3. The number of alkyl halides is 1. The predicted molar refractivity (Wildman–Crippen MR) is 79.0 cm³/mol. The minimum Gasteiger partial charge on any atom is -0.371 e. The van der Waals surface area contributed by atoms with Crippen LogP contribution >= 0.6 is 11.6 Å². The molecule has 0 aliphatic heterocycles. The molecule has 0 bridgehead atoms. The second-order valence-corrected chi connectivity index (χ2v) is 4.47. The second-order valence-electron chi connectivity index (χ2n) is 4.09. The van der Waals surface area contributed by atoms with E-state index < -0.39 is 0 Å². The number of hydrogen-bond donors (Lipinski definition) is 0. The van der Waals surface area contributed by atoms with Gasteiger partial charge in [-0.15, -0.1) is 11.6 Å². The van der Waals surface area contributed by atoms with Crippen LogP contribution in [0.4, 0.5) is 5.69 Å². The van der Waals surface area contributed by atoms with E-state index in [2.05, 4.69) is 11.8 Å². The Bertz CT molecular complexity index is 533. The number of nitriles is 2. The van der Waals surface area contributed by atoms with Crippen molar-refractivity contribution in [1.82, 2.24) is 0 Å². The van der Waals surface area contributed by atoms with Crippen molar-refractivity contribution in [2.24, 2.45) is 0 Å². The van der Waals surface area contributed by atoms with Crippen molar-refractivity contribution >= 4 is 23.4 Å². The first-order chi connectivity index (χ1) is 9.15. The van der Waals surface area contributed by atoms with Gasteiger partial charge in [0.15, 0.2) is 0 Å². The van der Waals surface area contributed by atoms with Gasteiger partial charge in [-0.2, -0.15) is 10.5 Å². The Morgan fingerprint density at radius 3 is 2.53 bits per heavy atom. The number of anilines is 1. The third-order valence-electron chi connectivity index (χ3n) is 2.90. The van der Waals surface area contributed by atoms with Crippen LogP contribution in [-0.2, 0) is 0 Å². The van der Waals surface area contributed by atoms with Crippen LogP contribution in [0.3, 0.4) is 0 Å². The van der Waals surface area contributed by atoms with Crippen molar-refractivity contribution < 1.29 is 0 Å². The van der Waals surface area contributed by atoms with Crippen molar-refractivity contribution in [3.63, 3.8) is 0 Å². The normalized spacial score (nSPS) is 9.32. The monoisotopic (exact) mass is 273 g/mol. The van der Waals surface area contributed by atoms with Crippen molar-refractivity contribution in [2.45, 2.75) is 13.8 Å². The molecule has 0 amide bonds. The molecule has 1 rings (SSSR count). The molecular weight excluding hydrogens is 258 g/mol. The molecule has 0 saturated heterocycles. The zero-order valence-electron chi connectivity index (χ0n) is 11.2. The maximum absolute atomic E-state index is 8.77. The van der Waals surface area contributed by atoms with E-state index in [0.717, 1.165) is 29.9 Å². The van der Waals surface area contributed by atoms with Gasteiger partial charge < -0.3 is 4.90 Å². The van der Waals surface area contributed by atoms with E-state index in [1.54, 1.807) is 6.08 Å². The van der Waals surface area contributed by atoms with Crippen molar-refractivity contribution in [1.29, 1.82) is 10.5 Å². The van der Waals surface area contributed by atoms with Crippen molar-refractivity contribution in [3.05, 3.63) is 34.9 Å². The van der Waals surface area contributed by atoms with Gasteiger partial charge in [0.25, 0.3) is 0 Å². The number of aryl methyl sites for hydroxylation is 1. The lowest BCUT2D eigenvalue weighted by atomic mass is 10.0. The Morgan fingerprint density at radius 1 is 1.37 bits per heavy atom. The molecule has 0 N–H and O–H groups in total. The summed E-state index contributed by atoms with van der Waals surface area (Å²) in [6.07, 6.45) is 1.61. The summed E-state index contributed by atoms with van der Waals surface area (Å²) < 4.78 is 0. The summed E-state index contributed by atoms with van der Waals surface area (Å²) in [5, 5.41) is 17.5. The Kier molecular flexibility index (Phi) is 5.93. The fourth-order valence-electron chi connectivity index (χ4n) is 1.84. The first kappa shape index (κ1) is 15.1. The molecule has 0 radical (unpaired) electrons. The van der Waals surface area contributed by atoms with E-state index in [4.69, 9.17) is 22.1 Å². The van der Waals surface area contributed by atoms with Crippen LogP contribution in [0.15, 0.2) is 23.8 Å². The standard InChI is InChI=1S/C15H16ClN3/c1-3-19(7-6-16)15-5-4-14(12(2)8-15)9-13(10-17)11-18/h4-5,8-9H,3,6-7H2,1-2H3. The fraction of sp³-hybridized carbons (Fsp3) is 0.333. The molecule has 3 nitrogen and oxygen atoms in total. The van der Waals surface area contributed by atoms with E-state index in [0.29, 0.717) is 5.88 Å². The van der Waals surface area contributed by atoms with Gasteiger partial charge in [0.05, 0.1) is 0 Å². The summed E-state index contributed by atoms with van der Waals surface area (Å²) in [7, 11) is 0. The Hall–Kier alpha value is -1.97.